The predicted molar refractivity (Wildman–Crippen MR) is 75.4 cm³/mol. The smallest absolute Gasteiger partial charge is 0.136 e. The van der Waals surface area contributed by atoms with Gasteiger partial charge in [-0.05, 0) is 31.0 Å². The van der Waals surface area contributed by atoms with Crippen molar-refractivity contribution in [1.29, 1.82) is 0 Å². The molecule has 1 aromatic carbocycles. The average molecular weight is 281 g/mol. The third kappa shape index (κ3) is 3.01. The van der Waals surface area contributed by atoms with Crippen molar-refractivity contribution in [3.05, 3.63) is 57.1 Å². The summed E-state index contributed by atoms with van der Waals surface area (Å²) in [6.07, 6.45) is 1.52. The van der Waals surface area contributed by atoms with Gasteiger partial charge in [-0.1, -0.05) is 42.3 Å². The lowest BCUT2D eigenvalue weighted by atomic mass is 10.1. The van der Waals surface area contributed by atoms with Crippen LogP contribution < -0.4 is 0 Å². The van der Waals surface area contributed by atoms with Crippen LogP contribution in [-0.4, -0.2) is 9.97 Å². The van der Waals surface area contributed by atoms with E-state index in [1.54, 1.807) is 0 Å². The van der Waals surface area contributed by atoms with Gasteiger partial charge in [0.2, 0.25) is 0 Å². The maximum atomic E-state index is 6.15. The van der Waals surface area contributed by atoms with Crippen LogP contribution in [-0.2, 0) is 12.8 Å². The minimum absolute atomic E-state index is 0.564. The van der Waals surface area contributed by atoms with Crippen LogP contribution in [0.5, 0.6) is 0 Å². The fraction of sp³-hybridized carbons (Fsp3) is 0.286. The highest BCUT2D eigenvalue weighted by Crippen LogP contribution is 2.18. The van der Waals surface area contributed by atoms with Crippen molar-refractivity contribution in [3.63, 3.8) is 0 Å². The number of benzene rings is 1. The van der Waals surface area contributed by atoms with E-state index in [1.165, 1.54) is 0 Å². The van der Waals surface area contributed by atoms with Gasteiger partial charge >= 0.3 is 0 Å². The fourth-order valence-corrected chi connectivity index (χ4v) is 2.38. The summed E-state index contributed by atoms with van der Waals surface area (Å²) in [6.45, 7) is 4.02. The molecule has 0 aliphatic rings. The number of halogens is 2. The summed E-state index contributed by atoms with van der Waals surface area (Å²) in [5.74, 6) is 0.747. The SMILES string of the molecule is CCc1c(C)nc(Cc2ccc(Cl)cc2)nc1Cl. The van der Waals surface area contributed by atoms with E-state index in [0.717, 1.165) is 34.1 Å². The number of nitrogens with zero attached hydrogens (tertiary/aromatic N) is 2. The number of rotatable bonds is 3. The molecule has 0 fully saturated rings. The molecule has 1 aromatic heterocycles. The van der Waals surface area contributed by atoms with Crippen LogP contribution in [0.25, 0.3) is 0 Å². The van der Waals surface area contributed by atoms with Gasteiger partial charge in [0.1, 0.15) is 11.0 Å². The van der Waals surface area contributed by atoms with Gasteiger partial charge in [-0.3, -0.25) is 0 Å². The first-order valence-electron chi connectivity index (χ1n) is 5.86. The first-order chi connectivity index (χ1) is 8.60. The molecule has 4 heteroatoms. The van der Waals surface area contributed by atoms with E-state index in [2.05, 4.69) is 16.9 Å². The topological polar surface area (TPSA) is 25.8 Å². The van der Waals surface area contributed by atoms with Gasteiger partial charge in [-0.15, -0.1) is 0 Å². The summed E-state index contributed by atoms with van der Waals surface area (Å²) in [4.78, 5) is 8.84. The zero-order chi connectivity index (χ0) is 13.1. The van der Waals surface area contributed by atoms with Gasteiger partial charge in [0.25, 0.3) is 0 Å². The Hall–Kier alpha value is -1.12. The van der Waals surface area contributed by atoms with Crippen LogP contribution in [0, 0.1) is 6.92 Å². The zero-order valence-electron chi connectivity index (χ0n) is 10.4. The summed E-state index contributed by atoms with van der Waals surface area (Å²) in [7, 11) is 0. The van der Waals surface area contributed by atoms with E-state index in [4.69, 9.17) is 23.2 Å². The first-order valence-corrected chi connectivity index (χ1v) is 6.62. The Balaban J connectivity index is 2.27. The van der Waals surface area contributed by atoms with Crippen LogP contribution in [0.1, 0.15) is 29.6 Å². The largest absolute Gasteiger partial charge is 0.237 e. The summed E-state index contributed by atoms with van der Waals surface area (Å²) in [5.41, 5.74) is 3.11. The van der Waals surface area contributed by atoms with Gasteiger partial charge in [-0.2, -0.15) is 0 Å². The van der Waals surface area contributed by atoms with Crippen molar-refractivity contribution >= 4 is 23.2 Å². The highest BCUT2D eigenvalue weighted by atomic mass is 35.5. The molecule has 18 heavy (non-hydrogen) atoms. The van der Waals surface area contributed by atoms with Gasteiger partial charge < -0.3 is 0 Å². The second-order valence-corrected chi connectivity index (χ2v) is 4.95. The monoisotopic (exact) mass is 280 g/mol. The molecule has 0 aliphatic carbocycles. The maximum absolute atomic E-state index is 6.15. The molecule has 1 heterocycles. The molecule has 0 unspecified atom stereocenters. The predicted octanol–water partition coefficient (Wildman–Crippen LogP) is 4.25. The fourth-order valence-electron chi connectivity index (χ4n) is 1.88. The zero-order valence-corrected chi connectivity index (χ0v) is 11.9. The molecule has 2 rings (SSSR count). The van der Waals surface area contributed by atoms with Crippen molar-refractivity contribution in [3.8, 4) is 0 Å². The molecule has 0 saturated carbocycles. The van der Waals surface area contributed by atoms with E-state index in [1.807, 2.05) is 31.2 Å². The molecule has 0 N–H and O–H groups in total. The quantitative estimate of drug-likeness (QED) is 0.786. The highest BCUT2D eigenvalue weighted by Gasteiger charge is 2.08. The minimum Gasteiger partial charge on any atom is -0.237 e. The molecule has 0 spiro atoms. The molecule has 94 valence electrons. The Kier molecular flexibility index (Phi) is 4.20. The normalized spacial score (nSPS) is 10.7. The van der Waals surface area contributed by atoms with Crippen LogP contribution in [0.3, 0.4) is 0 Å². The number of aromatic nitrogens is 2. The van der Waals surface area contributed by atoms with Crippen molar-refractivity contribution in [1.82, 2.24) is 9.97 Å². The molecule has 0 radical (unpaired) electrons. The molecule has 0 bridgehead atoms. The van der Waals surface area contributed by atoms with Gasteiger partial charge in [0.05, 0.1) is 0 Å². The lowest BCUT2D eigenvalue weighted by Gasteiger charge is -2.07. The van der Waals surface area contributed by atoms with Crippen LogP contribution in [0.2, 0.25) is 10.2 Å². The van der Waals surface area contributed by atoms with Crippen molar-refractivity contribution in [2.45, 2.75) is 26.7 Å². The van der Waals surface area contributed by atoms with Crippen LogP contribution in [0.15, 0.2) is 24.3 Å². The second kappa shape index (κ2) is 5.68. The van der Waals surface area contributed by atoms with Crippen LogP contribution >= 0.6 is 23.2 Å². The molecule has 0 aliphatic heterocycles. The summed E-state index contributed by atoms with van der Waals surface area (Å²) >= 11 is 12.0. The van der Waals surface area contributed by atoms with Crippen LogP contribution in [0.4, 0.5) is 0 Å². The Labute approximate surface area is 117 Å². The van der Waals surface area contributed by atoms with E-state index in [-0.39, 0.29) is 0 Å². The number of hydrogen-bond donors (Lipinski definition) is 0. The molecular formula is C14H14Cl2N2. The molecule has 2 aromatic rings. The molecule has 0 atom stereocenters. The summed E-state index contributed by atoms with van der Waals surface area (Å²) < 4.78 is 0. The Morgan fingerprint density at radius 3 is 2.28 bits per heavy atom. The lowest BCUT2D eigenvalue weighted by molar-refractivity contribution is 0.905. The lowest BCUT2D eigenvalue weighted by Crippen LogP contribution is -2.03. The molecule has 0 saturated heterocycles. The van der Waals surface area contributed by atoms with Crippen molar-refractivity contribution in [2.24, 2.45) is 0 Å². The van der Waals surface area contributed by atoms with E-state index >= 15 is 0 Å². The van der Waals surface area contributed by atoms with Gasteiger partial charge in [0.15, 0.2) is 0 Å². The van der Waals surface area contributed by atoms with E-state index in [9.17, 15) is 0 Å². The third-order valence-electron chi connectivity index (χ3n) is 2.84. The Morgan fingerprint density at radius 1 is 1.06 bits per heavy atom. The minimum atomic E-state index is 0.564. The van der Waals surface area contributed by atoms with E-state index in [0.29, 0.717) is 11.6 Å². The number of hydrogen-bond acceptors (Lipinski definition) is 2. The van der Waals surface area contributed by atoms with Gasteiger partial charge in [-0.25, -0.2) is 9.97 Å². The third-order valence-corrected chi connectivity index (χ3v) is 3.40. The number of aryl methyl sites for hydroxylation is 1. The molecular weight excluding hydrogens is 267 g/mol. The average Bonchev–Trinajstić information content (AvgIpc) is 2.32. The second-order valence-electron chi connectivity index (χ2n) is 4.15. The Morgan fingerprint density at radius 2 is 1.72 bits per heavy atom. The highest BCUT2D eigenvalue weighted by molar-refractivity contribution is 6.30. The Bertz CT molecular complexity index is 527. The first kappa shape index (κ1) is 13.3. The maximum Gasteiger partial charge on any atom is 0.136 e. The van der Waals surface area contributed by atoms with Gasteiger partial charge in [0, 0.05) is 22.7 Å². The van der Waals surface area contributed by atoms with E-state index < -0.39 is 0 Å². The summed E-state index contributed by atoms with van der Waals surface area (Å²) in [6, 6.07) is 7.68. The summed E-state index contributed by atoms with van der Waals surface area (Å²) in [5, 5.41) is 1.30. The van der Waals surface area contributed by atoms with Crippen molar-refractivity contribution < 1.29 is 0 Å². The standard InChI is InChI=1S/C14H14Cl2N2/c1-3-12-9(2)17-13(18-14(12)16)8-10-4-6-11(15)7-5-10/h4-7H,3,8H2,1-2H3. The van der Waals surface area contributed by atoms with Crippen molar-refractivity contribution in [2.75, 3.05) is 0 Å². The molecule has 2 nitrogen and oxygen atoms in total. The molecule has 0 amide bonds.